The molecule has 2 unspecified atom stereocenters. The minimum atomic E-state index is -1.43. The van der Waals surface area contributed by atoms with Crippen molar-refractivity contribution in [3.63, 3.8) is 0 Å². The van der Waals surface area contributed by atoms with Crippen molar-refractivity contribution < 1.29 is 24.5 Å². The van der Waals surface area contributed by atoms with Crippen molar-refractivity contribution in [1.82, 2.24) is 0 Å². The number of ketones is 1. The van der Waals surface area contributed by atoms with Gasteiger partial charge in [0, 0.05) is 12.8 Å². The molecule has 5 nitrogen and oxygen atoms in total. The third kappa shape index (κ3) is 24.1. The molecule has 0 saturated heterocycles. The van der Waals surface area contributed by atoms with Gasteiger partial charge in [-0.15, -0.1) is 0 Å². The molecule has 5 heteroatoms. The van der Waals surface area contributed by atoms with E-state index in [1.807, 2.05) is 0 Å². The maximum absolute atomic E-state index is 12.1. The van der Waals surface area contributed by atoms with Crippen LogP contribution in [-0.4, -0.2) is 40.8 Å². The number of aliphatic hydroxyl groups is 2. The molecule has 0 heterocycles. The van der Waals surface area contributed by atoms with Crippen LogP contribution < -0.4 is 0 Å². The second kappa shape index (κ2) is 29.1. The summed E-state index contributed by atoms with van der Waals surface area (Å²) in [6, 6.07) is 0. The smallest absolute Gasteiger partial charge is 0.306 e. The highest BCUT2D eigenvalue weighted by atomic mass is 16.6. The Balaban J connectivity index is 3.54. The zero-order chi connectivity index (χ0) is 28.1. The molecule has 0 radical (unpaired) electrons. The molecule has 0 aliphatic carbocycles. The molecule has 0 rings (SSSR count). The van der Waals surface area contributed by atoms with Gasteiger partial charge in [0.2, 0.25) is 0 Å². The summed E-state index contributed by atoms with van der Waals surface area (Å²) in [6.45, 7) is 3.88. The first-order valence-corrected chi connectivity index (χ1v) is 16.6. The summed E-state index contributed by atoms with van der Waals surface area (Å²) in [5, 5.41) is 19.7. The van der Waals surface area contributed by atoms with Gasteiger partial charge in [-0.05, 0) is 12.8 Å². The quantitative estimate of drug-likeness (QED) is 0.0701. The number of esters is 1. The molecule has 38 heavy (non-hydrogen) atoms. The van der Waals surface area contributed by atoms with E-state index in [2.05, 4.69) is 13.8 Å². The molecule has 0 spiro atoms. The molecule has 2 N–H and O–H groups in total. The summed E-state index contributed by atoms with van der Waals surface area (Å²) >= 11 is 0. The average Bonchev–Trinajstić information content (AvgIpc) is 2.92. The Morgan fingerprint density at radius 2 is 0.842 bits per heavy atom. The molecule has 0 saturated carbocycles. The summed E-state index contributed by atoms with van der Waals surface area (Å²) in [6.07, 6.45) is 27.8. The van der Waals surface area contributed by atoms with E-state index in [1.54, 1.807) is 0 Å². The van der Waals surface area contributed by atoms with Crippen LogP contribution in [0.4, 0.5) is 0 Å². The van der Waals surface area contributed by atoms with Crippen LogP contribution in [0.5, 0.6) is 0 Å². The Bertz CT molecular complexity index is 522. The lowest BCUT2D eigenvalue weighted by molar-refractivity contribution is -0.161. The molecule has 0 aliphatic rings. The van der Waals surface area contributed by atoms with E-state index in [9.17, 15) is 19.8 Å². The van der Waals surface area contributed by atoms with E-state index in [0.717, 1.165) is 51.4 Å². The lowest BCUT2D eigenvalue weighted by Crippen LogP contribution is -2.40. The van der Waals surface area contributed by atoms with Gasteiger partial charge in [-0.1, -0.05) is 155 Å². The van der Waals surface area contributed by atoms with Crippen LogP contribution in [-0.2, 0) is 14.3 Å². The molecule has 0 amide bonds. The molecule has 0 aromatic heterocycles. The first-order chi connectivity index (χ1) is 18.6. The van der Waals surface area contributed by atoms with Gasteiger partial charge in [0.25, 0.3) is 0 Å². The van der Waals surface area contributed by atoms with Gasteiger partial charge in [0.05, 0.1) is 6.61 Å². The van der Waals surface area contributed by atoms with Crippen molar-refractivity contribution in [3.8, 4) is 0 Å². The van der Waals surface area contributed by atoms with Crippen molar-refractivity contribution >= 4 is 11.8 Å². The van der Waals surface area contributed by atoms with Gasteiger partial charge in [0.15, 0.2) is 18.0 Å². The predicted molar refractivity (Wildman–Crippen MR) is 159 cm³/mol. The normalized spacial score (nSPS) is 12.9. The van der Waals surface area contributed by atoms with E-state index in [-0.39, 0.29) is 18.6 Å². The second-order valence-electron chi connectivity index (χ2n) is 11.4. The average molecular weight is 541 g/mol. The predicted octanol–water partition coefficient (Wildman–Crippen LogP) is 9.00. The zero-order valence-electron chi connectivity index (χ0n) is 25.4. The standard InChI is InChI=1S/C33H64O5/c1-3-5-7-9-10-11-12-13-14-15-16-17-18-19-20-21-22-24-26-28-32(36)38-31(29-34)33(37)30(35)27-25-23-8-6-4-2/h31,33-34,37H,3-29H2,1-2H3. The van der Waals surface area contributed by atoms with Crippen LogP contribution in [0.1, 0.15) is 181 Å². The number of rotatable bonds is 30. The van der Waals surface area contributed by atoms with Crippen molar-refractivity contribution in [1.29, 1.82) is 0 Å². The molecule has 0 aromatic carbocycles. The van der Waals surface area contributed by atoms with Gasteiger partial charge in [-0.2, -0.15) is 0 Å². The third-order valence-corrected chi connectivity index (χ3v) is 7.66. The topological polar surface area (TPSA) is 83.8 Å². The highest BCUT2D eigenvalue weighted by Crippen LogP contribution is 2.15. The zero-order valence-corrected chi connectivity index (χ0v) is 25.4. The van der Waals surface area contributed by atoms with Crippen molar-refractivity contribution in [2.75, 3.05) is 6.61 Å². The first-order valence-electron chi connectivity index (χ1n) is 16.6. The fourth-order valence-corrected chi connectivity index (χ4v) is 5.04. The Morgan fingerprint density at radius 3 is 1.18 bits per heavy atom. The van der Waals surface area contributed by atoms with E-state index in [4.69, 9.17) is 4.74 Å². The lowest BCUT2D eigenvalue weighted by atomic mass is 10.0. The van der Waals surface area contributed by atoms with Gasteiger partial charge in [0.1, 0.15) is 0 Å². The van der Waals surface area contributed by atoms with E-state index < -0.39 is 24.8 Å². The van der Waals surface area contributed by atoms with Crippen molar-refractivity contribution in [2.45, 2.75) is 193 Å². The Kier molecular flexibility index (Phi) is 28.3. The van der Waals surface area contributed by atoms with Gasteiger partial charge in [-0.3, -0.25) is 9.59 Å². The molecule has 0 aliphatic heterocycles. The number of ether oxygens (including phenoxy) is 1. The number of carbonyl (C=O) groups excluding carboxylic acids is 2. The second-order valence-corrected chi connectivity index (χ2v) is 11.4. The number of aliphatic hydroxyl groups excluding tert-OH is 2. The summed E-state index contributed by atoms with van der Waals surface area (Å²) in [4.78, 5) is 24.2. The molecular formula is C33H64O5. The van der Waals surface area contributed by atoms with Crippen LogP contribution in [0.25, 0.3) is 0 Å². The highest BCUT2D eigenvalue weighted by molar-refractivity contribution is 5.83. The fraction of sp³-hybridized carbons (Fsp3) is 0.939. The number of hydrogen-bond acceptors (Lipinski definition) is 5. The minimum Gasteiger partial charge on any atom is -0.457 e. The number of carbonyl (C=O) groups is 2. The van der Waals surface area contributed by atoms with Crippen molar-refractivity contribution in [2.24, 2.45) is 0 Å². The fourth-order valence-electron chi connectivity index (χ4n) is 5.04. The van der Waals surface area contributed by atoms with Gasteiger partial charge < -0.3 is 14.9 Å². The number of unbranched alkanes of at least 4 members (excludes halogenated alkanes) is 22. The molecule has 0 bridgehead atoms. The minimum absolute atomic E-state index is 0.262. The summed E-state index contributed by atoms with van der Waals surface area (Å²) in [7, 11) is 0. The lowest BCUT2D eigenvalue weighted by Gasteiger charge is -2.20. The summed E-state index contributed by atoms with van der Waals surface area (Å²) < 4.78 is 5.20. The molecule has 0 aromatic rings. The van der Waals surface area contributed by atoms with Crippen LogP contribution in [0.3, 0.4) is 0 Å². The SMILES string of the molecule is CCCCCCCCCCCCCCCCCCCCCC(=O)OC(CO)C(O)C(=O)CCCCCCC. The Labute approximate surface area is 235 Å². The summed E-state index contributed by atoms with van der Waals surface area (Å²) in [5.74, 6) is -0.789. The number of Topliss-reactive ketones (excluding diaryl/α,β-unsaturated/α-hetero) is 1. The van der Waals surface area contributed by atoms with Crippen molar-refractivity contribution in [3.05, 3.63) is 0 Å². The molecule has 0 fully saturated rings. The monoisotopic (exact) mass is 540 g/mol. The van der Waals surface area contributed by atoms with E-state index in [0.29, 0.717) is 0 Å². The van der Waals surface area contributed by atoms with Gasteiger partial charge in [-0.25, -0.2) is 0 Å². The molecule has 2 atom stereocenters. The highest BCUT2D eigenvalue weighted by Gasteiger charge is 2.28. The number of hydrogen-bond donors (Lipinski definition) is 2. The summed E-state index contributed by atoms with van der Waals surface area (Å²) in [5.41, 5.74) is 0. The van der Waals surface area contributed by atoms with Crippen LogP contribution in [0, 0.1) is 0 Å². The van der Waals surface area contributed by atoms with E-state index in [1.165, 1.54) is 103 Å². The maximum atomic E-state index is 12.1. The van der Waals surface area contributed by atoms with Crippen LogP contribution >= 0.6 is 0 Å². The molecular weight excluding hydrogens is 476 g/mol. The Morgan fingerprint density at radius 1 is 0.526 bits per heavy atom. The maximum Gasteiger partial charge on any atom is 0.306 e. The van der Waals surface area contributed by atoms with E-state index >= 15 is 0 Å². The molecule has 226 valence electrons. The van der Waals surface area contributed by atoms with Gasteiger partial charge >= 0.3 is 5.97 Å². The third-order valence-electron chi connectivity index (χ3n) is 7.66. The van der Waals surface area contributed by atoms with Crippen LogP contribution in [0.15, 0.2) is 0 Å². The largest absolute Gasteiger partial charge is 0.457 e. The first kappa shape index (κ1) is 37.1. The Hall–Kier alpha value is -0.940. The van der Waals surface area contributed by atoms with Crippen LogP contribution in [0.2, 0.25) is 0 Å².